The summed E-state index contributed by atoms with van der Waals surface area (Å²) in [5.74, 6) is 0.00668. The normalized spacial score (nSPS) is 10.8. The molecule has 0 aliphatic heterocycles. The molecule has 3 aromatic rings. The van der Waals surface area contributed by atoms with Crippen molar-refractivity contribution in [2.45, 2.75) is 6.92 Å². The van der Waals surface area contributed by atoms with Gasteiger partial charge < -0.3 is 5.73 Å². The molecule has 0 spiro atoms. The number of hydrogen-bond acceptors (Lipinski definition) is 4. The Balaban J connectivity index is 2.30. The standard InChI is InChI=1S/C14H11FN4/c1-8-13(18-7-19-14(8)16)10-6-12-9(5-11(10)15)3-2-4-17-12/h2-7H,1H3,(H2,16,18,19). The van der Waals surface area contributed by atoms with Crippen LogP contribution in [-0.4, -0.2) is 15.0 Å². The lowest BCUT2D eigenvalue weighted by molar-refractivity contribution is 0.632. The highest BCUT2D eigenvalue weighted by Crippen LogP contribution is 2.28. The van der Waals surface area contributed by atoms with E-state index in [4.69, 9.17) is 5.73 Å². The maximum Gasteiger partial charge on any atom is 0.133 e. The van der Waals surface area contributed by atoms with E-state index in [1.54, 1.807) is 25.3 Å². The van der Waals surface area contributed by atoms with Crippen LogP contribution in [0.5, 0.6) is 0 Å². The van der Waals surface area contributed by atoms with Crippen molar-refractivity contribution in [3.05, 3.63) is 48.2 Å². The van der Waals surface area contributed by atoms with Gasteiger partial charge in [0.1, 0.15) is 18.0 Å². The largest absolute Gasteiger partial charge is 0.383 e. The number of pyridine rings is 1. The van der Waals surface area contributed by atoms with Crippen LogP contribution in [0.1, 0.15) is 5.56 Å². The minimum Gasteiger partial charge on any atom is -0.383 e. The first-order valence-corrected chi connectivity index (χ1v) is 5.78. The van der Waals surface area contributed by atoms with E-state index >= 15 is 0 Å². The molecule has 3 rings (SSSR count). The fraction of sp³-hybridized carbons (Fsp3) is 0.0714. The Kier molecular flexibility index (Phi) is 2.59. The average molecular weight is 254 g/mol. The van der Waals surface area contributed by atoms with Gasteiger partial charge in [0.25, 0.3) is 0 Å². The summed E-state index contributed by atoms with van der Waals surface area (Å²) in [4.78, 5) is 12.2. The molecule has 0 bridgehead atoms. The molecule has 0 unspecified atom stereocenters. The fourth-order valence-corrected chi connectivity index (χ4v) is 2.01. The van der Waals surface area contributed by atoms with Crippen molar-refractivity contribution in [1.29, 1.82) is 0 Å². The number of nitrogen functional groups attached to an aromatic ring is 1. The van der Waals surface area contributed by atoms with E-state index in [2.05, 4.69) is 15.0 Å². The highest BCUT2D eigenvalue weighted by molar-refractivity contribution is 5.84. The Labute approximate surface area is 109 Å². The molecule has 0 aliphatic carbocycles. The molecular formula is C14H11FN4. The maximum atomic E-state index is 14.2. The Morgan fingerprint density at radius 2 is 2.00 bits per heavy atom. The molecule has 0 fully saturated rings. The first-order valence-electron chi connectivity index (χ1n) is 5.78. The molecule has 0 amide bonds. The molecule has 0 saturated carbocycles. The van der Waals surface area contributed by atoms with Gasteiger partial charge in [0.05, 0.1) is 11.2 Å². The molecule has 0 saturated heterocycles. The minimum atomic E-state index is -0.346. The van der Waals surface area contributed by atoms with Gasteiger partial charge >= 0.3 is 0 Å². The van der Waals surface area contributed by atoms with Crippen molar-refractivity contribution in [3.63, 3.8) is 0 Å². The van der Waals surface area contributed by atoms with Crippen LogP contribution in [0.3, 0.4) is 0 Å². The Morgan fingerprint density at radius 3 is 2.84 bits per heavy atom. The molecule has 2 heterocycles. The molecule has 1 aromatic carbocycles. The number of fused-ring (bicyclic) bond motifs is 1. The minimum absolute atomic E-state index is 0.346. The van der Waals surface area contributed by atoms with Crippen LogP contribution >= 0.6 is 0 Å². The molecular weight excluding hydrogens is 243 g/mol. The van der Waals surface area contributed by atoms with E-state index in [0.717, 1.165) is 10.9 Å². The maximum absolute atomic E-state index is 14.2. The Hall–Kier alpha value is -2.56. The first-order chi connectivity index (χ1) is 9.16. The number of benzene rings is 1. The zero-order valence-corrected chi connectivity index (χ0v) is 10.3. The van der Waals surface area contributed by atoms with Crippen LogP contribution in [0.4, 0.5) is 10.2 Å². The number of nitrogens with two attached hydrogens (primary N) is 1. The second kappa shape index (κ2) is 4.28. The Bertz CT molecular complexity index is 770. The van der Waals surface area contributed by atoms with Crippen LogP contribution in [0.15, 0.2) is 36.8 Å². The molecule has 0 aliphatic rings. The van der Waals surface area contributed by atoms with Gasteiger partial charge in [-0.05, 0) is 25.1 Å². The predicted octanol–water partition coefficient (Wildman–Crippen LogP) is 2.72. The van der Waals surface area contributed by atoms with Gasteiger partial charge in [-0.2, -0.15) is 0 Å². The van der Waals surface area contributed by atoms with Gasteiger partial charge in [-0.15, -0.1) is 0 Å². The van der Waals surface area contributed by atoms with Crippen molar-refractivity contribution in [1.82, 2.24) is 15.0 Å². The van der Waals surface area contributed by atoms with Gasteiger partial charge in [-0.1, -0.05) is 6.07 Å². The molecule has 2 aromatic heterocycles. The zero-order chi connectivity index (χ0) is 13.4. The van der Waals surface area contributed by atoms with Crippen LogP contribution in [0.2, 0.25) is 0 Å². The first kappa shape index (κ1) is 11.5. The van der Waals surface area contributed by atoms with Gasteiger partial charge in [0.2, 0.25) is 0 Å². The predicted molar refractivity (Wildman–Crippen MR) is 71.9 cm³/mol. The molecule has 19 heavy (non-hydrogen) atoms. The lowest BCUT2D eigenvalue weighted by Crippen LogP contribution is -1.99. The summed E-state index contributed by atoms with van der Waals surface area (Å²) < 4.78 is 14.2. The topological polar surface area (TPSA) is 64.7 Å². The van der Waals surface area contributed by atoms with Crippen LogP contribution in [-0.2, 0) is 0 Å². The van der Waals surface area contributed by atoms with Gasteiger partial charge in [0.15, 0.2) is 0 Å². The summed E-state index contributed by atoms with van der Waals surface area (Å²) in [7, 11) is 0. The van der Waals surface area contributed by atoms with E-state index in [-0.39, 0.29) is 5.82 Å². The van der Waals surface area contributed by atoms with Crippen molar-refractivity contribution in [3.8, 4) is 11.3 Å². The number of aromatic nitrogens is 3. The number of nitrogens with zero attached hydrogens (tertiary/aromatic N) is 3. The molecule has 94 valence electrons. The quantitative estimate of drug-likeness (QED) is 0.725. The highest BCUT2D eigenvalue weighted by atomic mass is 19.1. The lowest BCUT2D eigenvalue weighted by atomic mass is 10.0. The SMILES string of the molecule is Cc1c(N)ncnc1-c1cc2ncccc2cc1F. The summed E-state index contributed by atoms with van der Waals surface area (Å²) in [5.41, 5.74) is 8.00. The van der Waals surface area contributed by atoms with E-state index in [0.29, 0.717) is 22.6 Å². The van der Waals surface area contributed by atoms with E-state index in [9.17, 15) is 4.39 Å². The summed E-state index contributed by atoms with van der Waals surface area (Å²) in [6.07, 6.45) is 3.00. The van der Waals surface area contributed by atoms with Gasteiger partial charge in [0, 0.05) is 22.7 Å². The highest BCUT2D eigenvalue weighted by Gasteiger charge is 2.13. The second-order valence-electron chi connectivity index (χ2n) is 4.26. The van der Waals surface area contributed by atoms with Crippen molar-refractivity contribution < 1.29 is 4.39 Å². The monoisotopic (exact) mass is 254 g/mol. The summed E-state index contributed by atoms with van der Waals surface area (Å²) >= 11 is 0. The van der Waals surface area contributed by atoms with Crippen molar-refractivity contribution in [2.24, 2.45) is 0 Å². The van der Waals surface area contributed by atoms with Crippen LogP contribution in [0, 0.1) is 12.7 Å². The molecule has 5 heteroatoms. The van der Waals surface area contributed by atoms with E-state index in [1.165, 1.54) is 12.4 Å². The van der Waals surface area contributed by atoms with Crippen LogP contribution < -0.4 is 5.73 Å². The molecule has 2 N–H and O–H groups in total. The molecule has 4 nitrogen and oxygen atoms in total. The molecule has 0 radical (unpaired) electrons. The van der Waals surface area contributed by atoms with Gasteiger partial charge in [-0.25, -0.2) is 14.4 Å². The lowest BCUT2D eigenvalue weighted by Gasteiger charge is -2.08. The number of rotatable bonds is 1. The second-order valence-corrected chi connectivity index (χ2v) is 4.26. The Morgan fingerprint density at radius 1 is 1.16 bits per heavy atom. The molecule has 0 atom stereocenters. The number of anilines is 1. The third kappa shape index (κ3) is 1.89. The van der Waals surface area contributed by atoms with Crippen LogP contribution in [0.25, 0.3) is 22.2 Å². The van der Waals surface area contributed by atoms with Crippen molar-refractivity contribution in [2.75, 3.05) is 5.73 Å². The van der Waals surface area contributed by atoms with Crippen molar-refractivity contribution >= 4 is 16.7 Å². The summed E-state index contributed by atoms with van der Waals surface area (Å²) in [5, 5.41) is 0.753. The fourth-order valence-electron chi connectivity index (χ4n) is 2.01. The summed E-state index contributed by atoms with van der Waals surface area (Å²) in [6.45, 7) is 1.77. The summed E-state index contributed by atoms with van der Waals surface area (Å²) in [6, 6.07) is 6.72. The third-order valence-electron chi connectivity index (χ3n) is 3.07. The van der Waals surface area contributed by atoms with E-state index in [1.807, 2.05) is 6.07 Å². The average Bonchev–Trinajstić information content (AvgIpc) is 2.41. The van der Waals surface area contributed by atoms with Gasteiger partial charge in [-0.3, -0.25) is 4.98 Å². The zero-order valence-electron chi connectivity index (χ0n) is 10.3. The number of hydrogen-bond donors (Lipinski definition) is 1. The number of halogens is 1. The van der Waals surface area contributed by atoms with E-state index < -0.39 is 0 Å². The third-order valence-corrected chi connectivity index (χ3v) is 3.07. The smallest absolute Gasteiger partial charge is 0.133 e.